The van der Waals surface area contributed by atoms with Gasteiger partial charge in [0.2, 0.25) is 0 Å². The molecular weight excluding hydrogens is 285 g/mol. The van der Waals surface area contributed by atoms with Crippen LogP contribution in [0.25, 0.3) is 0 Å². The van der Waals surface area contributed by atoms with Crippen LogP contribution in [0.4, 0.5) is 4.39 Å². The van der Waals surface area contributed by atoms with E-state index in [4.69, 9.17) is 4.74 Å². The highest BCUT2D eigenvalue weighted by Gasteiger charge is 2.24. The zero-order valence-electron chi connectivity index (χ0n) is 12.0. The number of carbonyl (C=O) groups is 1. The summed E-state index contributed by atoms with van der Waals surface area (Å²) in [5, 5.41) is 9.20. The summed E-state index contributed by atoms with van der Waals surface area (Å²) in [5.41, 5.74) is 1.85. The highest BCUT2D eigenvalue weighted by molar-refractivity contribution is 5.89. The predicted molar refractivity (Wildman–Crippen MR) is 78.8 cm³/mol. The normalized spacial score (nSPS) is 16.7. The Morgan fingerprint density at radius 2 is 2.27 bits per heavy atom. The molecule has 1 aliphatic heterocycles. The highest BCUT2D eigenvalue weighted by atomic mass is 19.1. The second-order valence-corrected chi connectivity index (χ2v) is 5.37. The molecule has 0 spiro atoms. The molecule has 1 N–H and O–H groups in total. The molecule has 0 amide bonds. The molecule has 1 aliphatic rings. The molecule has 22 heavy (non-hydrogen) atoms. The first kappa shape index (κ1) is 14.5. The number of rotatable bonds is 4. The smallest absolute Gasteiger partial charge is 0.336 e. The highest BCUT2D eigenvalue weighted by Crippen LogP contribution is 2.38. The fraction of sp³-hybridized carbons (Fsp3) is 0.294. The number of aryl methyl sites for hydroxylation is 1. The number of carboxylic acids is 1. The molecule has 4 nitrogen and oxygen atoms in total. The topological polar surface area (TPSA) is 59.4 Å². The van der Waals surface area contributed by atoms with Gasteiger partial charge in [-0.1, -0.05) is 12.1 Å². The minimum Gasteiger partial charge on any atom is -0.490 e. The summed E-state index contributed by atoms with van der Waals surface area (Å²) in [7, 11) is 0. The van der Waals surface area contributed by atoms with Crippen molar-refractivity contribution in [3.63, 3.8) is 0 Å². The van der Waals surface area contributed by atoms with Crippen molar-refractivity contribution >= 4 is 5.97 Å². The van der Waals surface area contributed by atoms with E-state index in [0.29, 0.717) is 24.3 Å². The Morgan fingerprint density at radius 3 is 3.09 bits per heavy atom. The van der Waals surface area contributed by atoms with Crippen molar-refractivity contribution in [2.45, 2.75) is 25.2 Å². The van der Waals surface area contributed by atoms with Crippen LogP contribution in [0.15, 0.2) is 36.7 Å². The van der Waals surface area contributed by atoms with Gasteiger partial charge in [0, 0.05) is 18.0 Å². The molecule has 2 aromatic rings. The van der Waals surface area contributed by atoms with Gasteiger partial charge in [-0.05, 0) is 42.9 Å². The third kappa shape index (κ3) is 2.79. The fourth-order valence-electron chi connectivity index (χ4n) is 2.92. The second-order valence-electron chi connectivity index (χ2n) is 5.37. The maximum Gasteiger partial charge on any atom is 0.336 e. The molecule has 0 radical (unpaired) electrons. The number of pyridine rings is 1. The van der Waals surface area contributed by atoms with Gasteiger partial charge in [-0.3, -0.25) is 4.98 Å². The molecule has 0 saturated carbocycles. The van der Waals surface area contributed by atoms with Gasteiger partial charge in [0.1, 0.15) is 0 Å². The average molecular weight is 301 g/mol. The number of nitrogens with zero attached hydrogens (tertiary/aromatic N) is 1. The van der Waals surface area contributed by atoms with Crippen LogP contribution in [0.5, 0.6) is 5.75 Å². The summed E-state index contributed by atoms with van der Waals surface area (Å²) in [6, 6.07) is 6.46. The van der Waals surface area contributed by atoms with Crippen LogP contribution < -0.4 is 4.74 Å². The molecule has 5 heteroatoms. The number of ether oxygens (including phenoxy) is 1. The molecular formula is C17H16FNO3. The number of benzene rings is 1. The molecule has 1 atom stereocenters. The van der Waals surface area contributed by atoms with Gasteiger partial charge < -0.3 is 9.84 Å². The van der Waals surface area contributed by atoms with Crippen molar-refractivity contribution < 1.29 is 19.0 Å². The molecule has 0 fully saturated rings. The summed E-state index contributed by atoms with van der Waals surface area (Å²) in [4.78, 5) is 15.2. The van der Waals surface area contributed by atoms with Crippen molar-refractivity contribution in [3.8, 4) is 5.75 Å². The first-order valence-corrected chi connectivity index (χ1v) is 7.24. The van der Waals surface area contributed by atoms with Crippen molar-refractivity contribution in [1.82, 2.24) is 4.98 Å². The minimum atomic E-state index is -0.948. The van der Waals surface area contributed by atoms with E-state index in [0.717, 1.165) is 18.4 Å². The van der Waals surface area contributed by atoms with E-state index < -0.39 is 5.97 Å². The monoisotopic (exact) mass is 301 g/mol. The number of para-hydroxylation sites is 1. The standard InChI is InChI=1S/C17H16FNO3/c18-15-3-1-2-13-11(7-9-22-16(13)15)4-5-12-10-19-8-6-14(12)17(20)21/h1-3,6,8,10-11H,4-5,7,9H2,(H,20,21). The Hall–Kier alpha value is -2.43. The molecule has 1 aromatic carbocycles. The first-order valence-electron chi connectivity index (χ1n) is 7.24. The molecule has 114 valence electrons. The van der Waals surface area contributed by atoms with Crippen molar-refractivity contribution in [1.29, 1.82) is 0 Å². The number of aromatic carboxylic acids is 1. The molecule has 0 bridgehead atoms. The van der Waals surface area contributed by atoms with Crippen LogP contribution in [0.3, 0.4) is 0 Å². The van der Waals surface area contributed by atoms with Crippen molar-refractivity contribution in [2.24, 2.45) is 0 Å². The van der Waals surface area contributed by atoms with E-state index in [1.54, 1.807) is 12.3 Å². The van der Waals surface area contributed by atoms with Crippen LogP contribution in [-0.4, -0.2) is 22.7 Å². The summed E-state index contributed by atoms with van der Waals surface area (Å²) >= 11 is 0. The van der Waals surface area contributed by atoms with E-state index in [1.165, 1.54) is 18.3 Å². The van der Waals surface area contributed by atoms with Crippen LogP contribution in [0.1, 0.15) is 40.2 Å². The SMILES string of the molecule is O=C(O)c1ccncc1CCC1CCOc2c(F)cccc21. The largest absolute Gasteiger partial charge is 0.490 e. The number of fused-ring (bicyclic) bond motifs is 1. The van der Waals surface area contributed by atoms with E-state index in [1.807, 2.05) is 6.07 Å². The van der Waals surface area contributed by atoms with E-state index in [2.05, 4.69) is 4.98 Å². The van der Waals surface area contributed by atoms with Crippen LogP contribution >= 0.6 is 0 Å². The third-order valence-corrected chi connectivity index (χ3v) is 4.05. The summed E-state index contributed by atoms with van der Waals surface area (Å²) in [5.74, 6) is -0.782. The Balaban J connectivity index is 1.79. The lowest BCUT2D eigenvalue weighted by atomic mass is 9.87. The lowest BCUT2D eigenvalue weighted by Crippen LogP contribution is -2.16. The molecule has 2 heterocycles. The van der Waals surface area contributed by atoms with Crippen LogP contribution in [0.2, 0.25) is 0 Å². The van der Waals surface area contributed by atoms with Gasteiger partial charge in [-0.15, -0.1) is 0 Å². The number of aromatic nitrogens is 1. The molecule has 0 saturated heterocycles. The van der Waals surface area contributed by atoms with E-state index >= 15 is 0 Å². The lowest BCUT2D eigenvalue weighted by molar-refractivity contribution is 0.0695. The second kappa shape index (κ2) is 6.13. The molecule has 3 rings (SSSR count). The maximum atomic E-state index is 13.8. The van der Waals surface area contributed by atoms with E-state index in [9.17, 15) is 14.3 Å². The minimum absolute atomic E-state index is 0.168. The van der Waals surface area contributed by atoms with Crippen LogP contribution in [-0.2, 0) is 6.42 Å². The molecule has 0 aliphatic carbocycles. The predicted octanol–water partition coefficient (Wildman–Crippen LogP) is 3.42. The number of carboxylic acid groups (broad SMARTS) is 1. The number of hydrogen-bond donors (Lipinski definition) is 1. The zero-order valence-corrected chi connectivity index (χ0v) is 12.0. The summed E-state index contributed by atoms with van der Waals surface area (Å²) < 4.78 is 19.2. The van der Waals surface area contributed by atoms with Gasteiger partial charge in [-0.25, -0.2) is 9.18 Å². The van der Waals surface area contributed by atoms with Crippen molar-refractivity contribution in [3.05, 3.63) is 59.2 Å². The Labute approximate surface area is 127 Å². The first-order chi connectivity index (χ1) is 10.7. The average Bonchev–Trinajstić information content (AvgIpc) is 2.53. The van der Waals surface area contributed by atoms with Gasteiger partial charge in [0.05, 0.1) is 12.2 Å². The maximum absolute atomic E-state index is 13.8. The summed E-state index contributed by atoms with van der Waals surface area (Å²) in [6.45, 7) is 0.484. The van der Waals surface area contributed by atoms with Gasteiger partial charge in [0.15, 0.2) is 11.6 Å². The third-order valence-electron chi connectivity index (χ3n) is 4.05. The van der Waals surface area contributed by atoms with Gasteiger partial charge in [0.25, 0.3) is 0 Å². The lowest BCUT2D eigenvalue weighted by Gasteiger charge is -2.26. The van der Waals surface area contributed by atoms with E-state index in [-0.39, 0.29) is 17.3 Å². The van der Waals surface area contributed by atoms with Crippen molar-refractivity contribution in [2.75, 3.05) is 6.61 Å². The zero-order chi connectivity index (χ0) is 15.5. The Bertz CT molecular complexity index is 702. The van der Waals surface area contributed by atoms with Gasteiger partial charge >= 0.3 is 5.97 Å². The fourth-order valence-corrected chi connectivity index (χ4v) is 2.92. The molecule has 1 aromatic heterocycles. The Morgan fingerprint density at radius 1 is 1.41 bits per heavy atom. The Kier molecular flexibility index (Phi) is 4.04. The number of halogens is 1. The van der Waals surface area contributed by atoms with Gasteiger partial charge in [-0.2, -0.15) is 0 Å². The van der Waals surface area contributed by atoms with Crippen LogP contribution in [0, 0.1) is 5.82 Å². The number of hydrogen-bond acceptors (Lipinski definition) is 3. The molecule has 1 unspecified atom stereocenters. The quantitative estimate of drug-likeness (QED) is 0.940. The summed E-state index contributed by atoms with van der Waals surface area (Å²) in [6.07, 6.45) is 5.21.